The number of carbonyl (C=O) groups is 1. The zero-order valence-corrected chi connectivity index (χ0v) is 17.1. The summed E-state index contributed by atoms with van der Waals surface area (Å²) in [6.07, 6.45) is 1.95. The van der Waals surface area contributed by atoms with Crippen molar-refractivity contribution in [3.05, 3.63) is 71.9 Å². The van der Waals surface area contributed by atoms with Crippen LogP contribution >= 0.6 is 0 Å². The van der Waals surface area contributed by atoms with E-state index in [9.17, 15) is 4.79 Å². The van der Waals surface area contributed by atoms with Crippen molar-refractivity contribution in [1.29, 1.82) is 0 Å². The Morgan fingerprint density at radius 3 is 2.48 bits per heavy atom. The fourth-order valence-corrected chi connectivity index (χ4v) is 3.60. The lowest BCUT2D eigenvalue weighted by atomic mass is 10.0. The highest BCUT2D eigenvalue weighted by Gasteiger charge is 2.25. The van der Waals surface area contributed by atoms with E-state index in [1.54, 1.807) is 6.07 Å². The van der Waals surface area contributed by atoms with Crippen molar-refractivity contribution in [3.63, 3.8) is 0 Å². The van der Waals surface area contributed by atoms with Crippen LogP contribution in [0.3, 0.4) is 0 Å². The van der Waals surface area contributed by atoms with E-state index in [2.05, 4.69) is 42.1 Å². The molecule has 1 aliphatic heterocycles. The molecule has 148 valence electrons. The van der Waals surface area contributed by atoms with E-state index in [0.29, 0.717) is 23.9 Å². The second-order valence-corrected chi connectivity index (χ2v) is 8.39. The number of fused-ring (bicyclic) bond motifs is 1. The summed E-state index contributed by atoms with van der Waals surface area (Å²) in [5, 5.41) is 3.39. The van der Waals surface area contributed by atoms with Gasteiger partial charge in [0.2, 0.25) is 0 Å². The Kier molecular flexibility index (Phi) is 5.05. The number of aromatic nitrogens is 2. The quantitative estimate of drug-likeness (QED) is 0.692. The number of rotatable bonds is 3. The van der Waals surface area contributed by atoms with Gasteiger partial charge in [0.1, 0.15) is 11.5 Å². The van der Waals surface area contributed by atoms with Crippen molar-refractivity contribution in [2.24, 2.45) is 0 Å². The largest absolute Gasteiger partial charge is 0.365 e. The second kappa shape index (κ2) is 7.66. The maximum Gasteiger partial charge on any atom is 0.277 e. The SMILES string of the molecule is CC(C)(C)Nc1cc(C(=O)N2CCCc3ccccc32)nc(-c2ccccc2)n1. The van der Waals surface area contributed by atoms with Gasteiger partial charge in [0.15, 0.2) is 5.82 Å². The van der Waals surface area contributed by atoms with Crippen molar-refractivity contribution in [2.75, 3.05) is 16.8 Å². The van der Waals surface area contributed by atoms with Crippen molar-refractivity contribution >= 4 is 17.4 Å². The molecule has 0 atom stereocenters. The fourth-order valence-electron chi connectivity index (χ4n) is 3.60. The normalized spacial score (nSPS) is 13.7. The highest BCUT2D eigenvalue weighted by molar-refractivity contribution is 6.06. The van der Waals surface area contributed by atoms with E-state index in [0.717, 1.165) is 24.1 Å². The predicted molar refractivity (Wildman–Crippen MR) is 117 cm³/mol. The van der Waals surface area contributed by atoms with Crippen LogP contribution in [-0.4, -0.2) is 28.0 Å². The van der Waals surface area contributed by atoms with Crippen LogP contribution in [0.25, 0.3) is 11.4 Å². The van der Waals surface area contributed by atoms with Crippen LogP contribution in [0.4, 0.5) is 11.5 Å². The Morgan fingerprint density at radius 2 is 1.72 bits per heavy atom. The van der Waals surface area contributed by atoms with Gasteiger partial charge >= 0.3 is 0 Å². The monoisotopic (exact) mass is 386 g/mol. The molecular weight excluding hydrogens is 360 g/mol. The number of nitrogens with zero attached hydrogens (tertiary/aromatic N) is 3. The lowest BCUT2D eigenvalue weighted by molar-refractivity contribution is 0.0980. The summed E-state index contributed by atoms with van der Waals surface area (Å²) in [6.45, 7) is 6.90. The number of hydrogen-bond acceptors (Lipinski definition) is 4. The number of nitrogens with one attached hydrogen (secondary N) is 1. The average molecular weight is 386 g/mol. The van der Waals surface area contributed by atoms with Crippen molar-refractivity contribution in [2.45, 2.75) is 39.2 Å². The molecule has 5 heteroatoms. The molecule has 1 N–H and O–H groups in total. The maximum atomic E-state index is 13.5. The first-order valence-electron chi connectivity index (χ1n) is 10.0. The molecule has 3 aromatic rings. The van der Waals surface area contributed by atoms with Crippen LogP contribution in [0.5, 0.6) is 0 Å². The molecule has 2 heterocycles. The average Bonchev–Trinajstić information content (AvgIpc) is 2.72. The molecular formula is C24H26N4O. The van der Waals surface area contributed by atoms with Gasteiger partial charge in [-0.05, 0) is 45.2 Å². The summed E-state index contributed by atoms with van der Waals surface area (Å²) < 4.78 is 0. The second-order valence-electron chi connectivity index (χ2n) is 8.39. The highest BCUT2D eigenvalue weighted by Crippen LogP contribution is 2.29. The smallest absolute Gasteiger partial charge is 0.277 e. The van der Waals surface area contributed by atoms with Gasteiger partial charge in [-0.1, -0.05) is 48.5 Å². The molecule has 0 bridgehead atoms. The highest BCUT2D eigenvalue weighted by atomic mass is 16.2. The molecule has 5 nitrogen and oxygen atoms in total. The number of anilines is 2. The number of aryl methyl sites for hydroxylation is 1. The molecule has 0 aliphatic carbocycles. The topological polar surface area (TPSA) is 58.1 Å². The Bertz CT molecular complexity index is 1020. The van der Waals surface area contributed by atoms with Crippen LogP contribution in [0.15, 0.2) is 60.7 Å². The summed E-state index contributed by atoms with van der Waals surface area (Å²) in [7, 11) is 0. The van der Waals surface area contributed by atoms with Gasteiger partial charge in [0, 0.05) is 29.4 Å². The molecule has 1 aliphatic rings. The third-order valence-corrected chi connectivity index (χ3v) is 4.84. The molecule has 1 aromatic heterocycles. The molecule has 0 saturated heterocycles. The number of amides is 1. The van der Waals surface area contributed by atoms with Crippen LogP contribution in [0.1, 0.15) is 43.2 Å². The third kappa shape index (κ3) is 4.29. The molecule has 29 heavy (non-hydrogen) atoms. The van der Waals surface area contributed by atoms with E-state index < -0.39 is 0 Å². The standard InChI is InChI=1S/C24H26N4O/c1-24(2,3)27-21-16-19(25-22(26-21)18-11-5-4-6-12-18)23(29)28-15-9-13-17-10-7-8-14-20(17)28/h4-8,10-12,14,16H,9,13,15H2,1-3H3,(H,25,26,27). The van der Waals surface area contributed by atoms with E-state index in [1.807, 2.05) is 53.4 Å². The van der Waals surface area contributed by atoms with E-state index in [-0.39, 0.29) is 11.4 Å². The molecule has 2 aromatic carbocycles. The zero-order valence-electron chi connectivity index (χ0n) is 17.1. The molecule has 0 unspecified atom stereocenters. The molecule has 0 fully saturated rings. The Hall–Kier alpha value is -3.21. The summed E-state index contributed by atoms with van der Waals surface area (Å²) in [6, 6.07) is 19.6. The predicted octanol–water partition coefficient (Wildman–Crippen LogP) is 4.95. The minimum absolute atomic E-state index is 0.0892. The third-order valence-electron chi connectivity index (χ3n) is 4.84. The van der Waals surface area contributed by atoms with Crippen LogP contribution < -0.4 is 10.2 Å². The lowest BCUT2D eigenvalue weighted by Gasteiger charge is -2.29. The van der Waals surface area contributed by atoms with Crippen LogP contribution in [0.2, 0.25) is 0 Å². The van der Waals surface area contributed by atoms with E-state index >= 15 is 0 Å². The Morgan fingerprint density at radius 1 is 1.00 bits per heavy atom. The summed E-state index contributed by atoms with van der Waals surface area (Å²) >= 11 is 0. The first kappa shape index (κ1) is 19.1. The molecule has 4 rings (SSSR count). The van der Waals surface area contributed by atoms with Gasteiger partial charge in [-0.3, -0.25) is 4.79 Å². The zero-order chi connectivity index (χ0) is 20.4. The van der Waals surface area contributed by atoms with E-state index in [1.165, 1.54) is 5.56 Å². The van der Waals surface area contributed by atoms with Crippen molar-refractivity contribution in [3.8, 4) is 11.4 Å². The number of carbonyl (C=O) groups excluding carboxylic acids is 1. The fraction of sp³-hybridized carbons (Fsp3) is 0.292. The summed E-state index contributed by atoms with van der Waals surface area (Å²) in [4.78, 5) is 24.6. The first-order chi connectivity index (χ1) is 13.9. The van der Waals surface area contributed by atoms with Gasteiger partial charge < -0.3 is 10.2 Å². The maximum absolute atomic E-state index is 13.5. The first-order valence-corrected chi connectivity index (χ1v) is 10.0. The van der Waals surface area contributed by atoms with Crippen LogP contribution in [0, 0.1) is 0 Å². The lowest BCUT2D eigenvalue weighted by Crippen LogP contribution is -2.36. The Labute approximate surface area is 171 Å². The summed E-state index contributed by atoms with van der Waals surface area (Å²) in [5.74, 6) is 1.11. The number of hydrogen-bond donors (Lipinski definition) is 1. The summed E-state index contributed by atoms with van der Waals surface area (Å²) in [5.41, 5.74) is 3.30. The van der Waals surface area contributed by atoms with Gasteiger partial charge in [-0.2, -0.15) is 0 Å². The molecule has 0 saturated carbocycles. The van der Waals surface area contributed by atoms with Gasteiger partial charge in [0.25, 0.3) is 5.91 Å². The van der Waals surface area contributed by atoms with Crippen molar-refractivity contribution < 1.29 is 4.79 Å². The minimum atomic E-state index is -0.180. The van der Waals surface area contributed by atoms with Crippen LogP contribution in [-0.2, 0) is 6.42 Å². The molecule has 1 amide bonds. The molecule has 0 radical (unpaired) electrons. The van der Waals surface area contributed by atoms with Gasteiger partial charge in [-0.25, -0.2) is 9.97 Å². The van der Waals surface area contributed by atoms with E-state index in [4.69, 9.17) is 0 Å². The van der Waals surface area contributed by atoms with Gasteiger partial charge in [0.05, 0.1) is 0 Å². The van der Waals surface area contributed by atoms with Crippen molar-refractivity contribution in [1.82, 2.24) is 9.97 Å². The van der Waals surface area contributed by atoms with Gasteiger partial charge in [-0.15, -0.1) is 0 Å². The number of para-hydroxylation sites is 1. The number of benzene rings is 2. The Balaban J connectivity index is 1.77. The minimum Gasteiger partial charge on any atom is -0.365 e. The molecule has 0 spiro atoms.